The molecule has 336 valence electrons. The van der Waals surface area contributed by atoms with E-state index in [0.29, 0.717) is 41.2 Å². The van der Waals surface area contributed by atoms with Gasteiger partial charge in [0.15, 0.2) is 5.78 Å². The van der Waals surface area contributed by atoms with Crippen molar-refractivity contribution in [2.24, 2.45) is 5.73 Å². The number of alkyl halides is 4. The lowest BCUT2D eigenvalue weighted by Gasteiger charge is -2.25. The molecule has 4 aromatic carbocycles. The minimum Gasteiger partial charge on any atom is -0.465 e. The van der Waals surface area contributed by atoms with Gasteiger partial charge in [-0.05, 0) is 73.5 Å². The fourth-order valence-electron chi connectivity index (χ4n) is 7.16. The zero-order chi connectivity index (χ0) is 45.0. The van der Waals surface area contributed by atoms with Gasteiger partial charge in [-0.25, -0.2) is 39.2 Å². The number of benzene rings is 4. The van der Waals surface area contributed by atoms with Gasteiger partial charge < -0.3 is 10.5 Å². The van der Waals surface area contributed by atoms with Gasteiger partial charge in [-0.1, -0.05) is 72.8 Å². The number of hydrogen-bond donors (Lipinski definition) is 1. The van der Waals surface area contributed by atoms with Crippen molar-refractivity contribution in [3.63, 3.8) is 0 Å². The van der Waals surface area contributed by atoms with Gasteiger partial charge in [0, 0.05) is 31.5 Å². The predicted molar refractivity (Wildman–Crippen MR) is 232 cm³/mol. The second-order valence-corrected chi connectivity index (χ2v) is 19.3. The maximum absolute atomic E-state index is 13.4. The Kier molecular flexibility index (Phi) is 16.7. The Hall–Kier alpha value is -4.88. The van der Waals surface area contributed by atoms with Crippen LogP contribution < -0.4 is 14.3 Å². The molecule has 0 saturated carbocycles. The van der Waals surface area contributed by atoms with Crippen LogP contribution in [0.2, 0.25) is 0 Å². The topological polar surface area (TPSA) is 151 Å². The van der Waals surface area contributed by atoms with Crippen molar-refractivity contribution in [3.8, 4) is 0 Å². The molecule has 12 nitrogen and oxygen atoms in total. The summed E-state index contributed by atoms with van der Waals surface area (Å²) in [6.07, 6.45) is 0.171. The molecule has 4 aromatic rings. The molecule has 0 atom stereocenters. The van der Waals surface area contributed by atoms with E-state index in [1.807, 2.05) is 0 Å². The van der Waals surface area contributed by atoms with Crippen LogP contribution in [-0.4, -0.2) is 115 Å². The molecule has 0 aliphatic carbocycles. The number of carbonyl (C=O) groups excluding carboxylic acids is 2. The average molecular weight is 904 g/mol. The lowest BCUT2D eigenvalue weighted by atomic mass is 10.1. The zero-order valence-electron chi connectivity index (χ0n) is 34.6. The van der Waals surface area contributed by atoms with Crippen molar-refractivity contribution in [1.29, 1.82) is 0 Å². The highest BCUT2D eigenvalue weighted by Gasteiger charge is 2.39. The van der Waals surface area contributed by atoms with Crippen LogP contribution in [0.15, 0.2) is 109 Å². The third-order valence-corrected chi connectivity index (χ3v) is 14.1. The number of ether oxygens (including phenoxy) is 1. The van der Waals surface area contributed by atoms with Gasteiger partial charge in [-0.15, -0.1) is 0 Å². The predicted octanol–water partition coefficient (Wildman–Crippen LogP) is 6.44. The third kappa shape index (κ3) is 14.1. The summed E-state index contributed by atoms with van der Waals surface area (Å²) >= 11 is 0. The lowest BCUT2D eigenvalue weighted by Crippen LogP contribution is -2.34. The van der Waals surface area contributed by atoms with E-state index in [9.17, 15) is 44.0 Å². The molecule has 6 rings (SSSR count). The molecule has 2 aliphatic heterocycles. The van der Waals surface area contributed by atoms with Crippen LogP contribution in [0.25, 0.3) is 0 Å². The van der Waals surface area contributed by atoms with E-state index < -0.39 is 37.9 Å². The van der Waals surface area contributed by atoms with Crippen molar-refractivity contribution < 1.29 is 48.7 Å². The Labute approximate surface area is 361 Å². The summed E-state index contributed by atoms with van der Waals surface area (Å²) in [4.78, 5) is 26.5. The highest BCUT2D eigenvalue weighted by Crippen LogP contribution is 2.29. The molecule has 0 aromatic heterocycles. The number of ketones is 1. The van der Waals surface area contributed by atoms with E-state index in [1.165, 1.54) is 15.7 Å². The Morgan fingerprint density at radius 1 is 0.629 bits per heavy atom. The summed E-state index contributed by atoms with van der Waals surface area (Å²) in [7, 11) is -6.10. The van der Waals surface area contributed by atoms with Crippen LogP contribution in [0.3, 0.4) is 0 Å². The highest BCUT2D eigenvalue weighted by atomic mass is 32.2. The van der Waals surface area contributed by atoms with Gasteiger partial charge in [0.1, 0.15) is 0 Å². The first-order valence-electron chi connectivity index (χ1n) is 20.2. The minimum absolute atomic E-state index is 0.0905. The molecule has 62 heavy (non-hydrogen) atoms. The summed E-state index contributed by atoms with van der Waals surface area (Å²) in [6, 6.07) is 30.7. The van der Waals surface area contributed by atoms with Crippen molar-refractivity contribution in [1.82, 2.24) is 9.80 Å². The first-order valence-corrected chi connectivity index (χ1v) is 23.4. The summed E-state index contributed by atoms with van der Waals surface area (Å²) in [5.41, 5.74) is 8.71. The fraction of sp³-hybridized carbons (Fsp3) is 0.409. The normalized spacial score (nSPS) is 16.3. The zero-order valence-corrected chi connectivity index (χ0v) is 36.2. The SMILES string of the molecule is COC(=O)c1ccc(CN(c2ccccc2)S(=O)(=O)CCCN2CCC(F)(F)C2)cc1.NCC(=O)c1ccc(CN(c2ccccc2)S(=O)(=O)CCCN2CCC(F)(F)C2)cc1. The standard InChI is InChI=1S/C22H27F2N3O3S.C22H26F2N2O4S/c23-22(24)11-13-26(17-22)12-4-14-31(29,30)27(20-5-2-1-3-6-20)16-18-7-9-19(10-8-18)21(28)15-25;1-30-21(27)19-10-8-18(9-11-19)16-26(20-6-3-2-4-7-20)31(28,29)15-5-13-25-14-12-22(23,24)17-25/h1-3,5-10H,4,11-17,25H2;2-4,6-11H,5,12-17H2,1H3. The number of halogens is 4. The van der Waals surface area contributed by atoms with Crippen molar-refractivity contribution in [3.05, 3.63) is 131 Å². The van der Waals surface area contributed by atoms with Crippen molar-refractivity contribution in [2.75, 3.05) is 73.0 Å². The molecule has 0 spiro atoms. The van der Waals surface area contributed by atoms with E-state index in [-0.39, 0.29) is 88.8 Å². The van der Waals surface area contributed by atoms with E-state index in [4.69, 9.17) is 5.73 Å². The van der Waals surface area contributed by atoms with Gasteiger partial charge in [0.25, 0.3) is 11.8 Å². The molecule has 2 N–H and O–H groups in total. The molecule has 2 saturated heterocycles. The number of rotatable bonds is 19. The number of methoxy groups -OCH3 is 1. The molecular formula is C44H53F4N5O7S2. The minimum atomic E-state index is -3.70. The first-order chi connectivity index (χ1) is 29.4. The van der Waals surface area contributed by atoms with Crippen LogP contribution in [0, 0.1) is 0 Å². The molecule has 2 aliphatic rings. The number of hydrogen-bond acceptors (Lipinski definition) is 10. The van der Waals surface area contributed by atoms with Crippen molar-refractivity contribution >= 4 is 43.2 Å². The number of nitrogens with two attached hydrogens (primary N) is 1. The Morgan fingerprint density at radius 2 is 1.02 bits per heavy atom. The number of carbonyl (C=O) groups is 2. The number of anilines is 2. The first kappa shape index (κ1) is 48.2. The summed E-state index contributed by atoms with van der Waals surface area (Å²) < 4.78 is 113. The van der Waals surface area contributed by atoms with E-state index in [1.54, 1.807) is 119 Å². The van der Waals surface area contributed by atoms with Crippen LogP contribution in [0.1, 0.15) is 57.5 Å². The second-order valence-electron chi connectivity index (χ2n) is 15.3. The highest BCUT2D eigenvalue weighted by molar-refractivity contribution is 7.93. The number of nitrogens with zero attached hydrogens (tertiary/aromatic N) is 4. The maximum atomic E-state index is 13.4. The summed E-state index contributed by atoms with van der Waals surface area (Å²) in [5, 5.41) is 0. The molecule has 0 radical (unpaired) electrons. The quantitative estimate of drug-likeness (QED) is 0.0634. The van der Waals surface area contributed by atoms with Gasteiger partial charge >= 0.3 is 5.97 Å². The Morgan fingerprint density at radius 3 is 1.35 bits per heavy atom. The van der Waals surface area contributed by atoms with E-state index in [0.717, 1.165) is 5.56 Å². The van der Waals surface area contributed by atoms with Crippen LogP contribution in [0.5, 0.6) is 0 Å². The number of Topliss-reactive ketones (excluding diaryl/α,β-unsaturated/α-hetero) is 1. The average Bonchev–Trinajstić information content (AvgIpc) is 3.80. The maximum Gasteiger partial charge on any atom is 0.337 e. The van der Waals surface area contributed by atoms with E-state index >= 15 is 0 Å². The largest absolute Gasteiger partial charge is 0.465 e. The summed E-state index contributed by atoms with van der Waals surface area (Å²) in [5.74, 6) is -6.33. The van der Waals surface area contributed by atoms with Crippen LogP contribution in [-0.2, 0) is 37.9 Å². The van der Waals surface area contributed by atoms with E-state index in [2.05, 4.69) is 4.74 Å². The summed E-state index contributed by atoms with van der Waals surface area (Å²) in [6.45, 7) is 0.656. The van der Waals surface area contributed by atoms with Gasteiger partial charge in [-0.3, -0.25) is 23.2 Å². The third-order valence-electron chi connectivity index (χ3n) is 10.5. The fourth-order valence-corrected chi connectivity index (χ4v) is 10.2. The Balaban J connectivity index is 0.000000234. The second kappa shape index (κ2) is 21.5. The number of para-hydroxylation sites is 2. The van der Waals surface area contributed by atoms with Crippen LogP contribution >= 0.6 is 0 Å². The molecular weight excluding hydrogens is 851 g/mol. The Bertz CT molecular complexity index is 2130. The molecule has 0 amide bonds. The van der Waals surface area contributed by atoms with Crippen molar-refractivity contribution in [2.45, 2.75) is 50.6 Å². The number of sulfonamides is 2. The van der Waals surface area contributed by atoms with Gasteiger partial charge in [0.05, 0.1) is 68.3 Å². The molecule has 0 bridgehead atoms. The number of esters is 1. The smallest absolute Gasteiger partial charge is 0.337 e. The molecule has 0 unspecified atom stereocenters. The van der Waals surface area contributed by atoms with Crippen LogP contribution in [0.4, 0.5) is 28.9 Å². The molecule has 18 heteroatoms. The molecule has 2 heterocycles. The molecule has 2 fully saturated rings. The van der Waals surface area contributed by atoms with Gasteiger partial charge in [-0.2, -0.15) is 0 Å². The monoisotopic (exact) mass is 903 g/mol. The lowest BCUT2D eigenvalue weighted by molar-refractivity contribution is 0.0116. The number of likely N-dealkylation sites (tertiary alicyclic amines) is 2. The van der Waals surface area contributed by atoms with Gasteiger partial charge in [0.2, 0.25) is 20.0 Å².